The Bertz CT molecular complexity index is 571. The molecule has 1 aliphatic rings. The van der Waals surface area contributed by atoms with E-state index in [1.807, 2.05) is 0 Å². The fraction of sp³-hybridized carbons (Fsp3) is 0.385. The van der Waals surface area contributed by atoms with Crippen LogP contribution in [0.25, 0.3) is 0 Å². The van der Waals surface area contributed by atoms with Gasteiger partial charge in [-0.25, -0.2) is 0 Å². The van der Waals surface area contributed by atoms with E-state index in [-0.39, 0.29) is 18.8 Å². The standard InChI is InChI=1S/C13H14N2O6S/c16-14(17)4-7-22-12(9-15(18)19)10-2-1-3-11(8-10)13-20-5-6-21-13/h1-3,5-6,8,12-13H,4,7,9H2. The first kappa shape index (κ1) is 16.1. The Kier molecular flexibility index (Phi) is 5.59. The minimum atomic E-state index is -0.556. The van der Waals surface area contributed by atoms with Crippen molar-refractivity contribution in [2.24, 2.45) is 0 Å². The quantitative estimate of drug-likeness (QED) is 0.534. The number of hydrogen-bond acceptors (Lipinski definition) is 7. The van der Waals surface area contributed by atoms with Crippen LogP contribution in [0, 0.1) is 20.2 Å². The number of nitrogens with zero attached hydrogens (tertiary/aromatic N) is 2. The molecule has 0 saturated carbocycles. The van der Waals surface area contributed by atoms with Gasteiger partial charge in [0, 0.05) is 15.4 Å². The summed E-state index contributed by atoms with van der Waals surface area (Å²) in [5.74, 6) is 0.216. The smallest absolute Gasteiger partial charge is 0.266 e. The molecule has 1 aromatic carbocycles. The van der Waals surface area contributed by atoms with Crippen molar-refractivity contribution in [3.63, 3.8) is 0 Å². The van der Waals surface area contributed by atoms with Gasteiger partial charge in [0.1, 0.15) is 12.5 Å². The molecule has 0 fully saturated rings. The molecule has 1 heterocycles. The molecule has 0 aromatic heterocycles. The van der Waals surface area contributed by atoms with Crippen molar-refractivity contribution in [3.05, 3.63) is 68.1 Å². The molecule has 9 heteroatoms. The van der Waals surface area contributed by atoms with Crippen molar-refractivity contribution >= 4 is 11.8 Å². The van der Waals surface area contributed by atoms with Gasteiger partial charge in [0.2, 0.25) is 13.1 Å². The zero-order valence-corrected chi connectivity index (χ0v) is 12.3. The van der Waals surface area contributed by atoms with Crippen LogP contribution in [0.15, 0.2) is 36.8 Å². The molecule has 1 atom stereocenters. The van der Waals surface area contributed by atoms with Gasteiger partial charge >= 0.3 is 0 Å². The minimum Gasteiger partial charge on any atom is -0.455 e. The van der Waals surface area contributed by atoms with E-state index >= 15 is 0 Å². The van der Waals surface area contributed by atoms with Crippen LogP contribution < -0.4 is 0 Å². The van der Waals surface area contributed by atoms with Gasteiger partial charge in [0.15, 0.2) is 0 Å². The summed E-state index contributed by atoms with van der Waals surface area (Å²) in [5, 5.41) is 20.8. The first-order valence-electron chi connectivity index (χ1n) is 6.47. The van der Waals surface area contributed by atoms with Crippen molar-refractivity contribution < 1.29 is 19.3 Å². The van der Waals surface area contributed by atoms with Crippen LogP contribution >= 0.6 is 11.8 Å². The Labute approximate surface area is 130 Å². The van der Waals surface area contributed by atoms with Crippen molar-refractivity contribution in [1.29, 1.82) is 0 Å². The summed E-state index contributed by atoms with van der Waals surface area (Å²) in [7, 11) is 0. The van der Waals surface area contributed by atoms with Crippen LogP contribution in [0.3, 0.4) is 0 Å². The van der Waals surface area contributed by atoms with Crippen LogP contribution in [-0.2, 0) is 9.47 Å². The highest BCUT2D eigenvalue weighted by Gasteiger charge is 2.22. The number of thioether (sulfide) groups is 1. The lowest BCUT2D eigenvalue weighted by atomic mass is 10.1. The van der Waals surface area contributed by atoms with Gasteiger partial charge < -0.3 is 9.47 Å². The monoisotopic (exact) mass is 326 g/mol. The fourth-order valence-electron chi connectivity index (χ4n) is 1.96. The Balaban J connectivity index is 2.09. The maximum atomic E-state index is 10.8. The zero-order valence-electron chi connectivity index (χ0n) is 11.5. The van der Waals surface area contributed by atoms with E-state index in [9.17, 15) is 20.2 Å². The second-order valence-electron chi connectivity index (χ2n) is 4.48. The van der Waals surface area contributed by atoms with E-state index in [1.165, 1.54) is 24.3 Å². The Morgan fingerprint density at radius 3 is 2.55 bits per heavy atom. The summed E-state index contributed by atoms with van der Waals surface area (Å²) in [6.07, 6.45) is 2.30. The van der Waals surface area contributed by atoms with E-state index < -0.39 is 21.4 Å². The third-order valence-corrected chi connectivity index (χ3v) is 4.16. The summed E-state index contributed by atoms with van der Waals surface area (Å²) < 4.78 is 10.5. The summed E-state index contributed by atoms with van der Waals surface area (Å²) in [5.41, 5.74) is 1.47. The highest BCUT2D eigenvalue weighted by atomic mass is 32.2. The minimum absolute atomic E-state index is 0.216. The van der Waals surface area contributed by atoms with Gasteiger partial charge in [-0.1, -0.05) is 18.2 Å². The first-order valence-corrected chi connectivity index (χ1v) is 7.52. The third kappa shape index (κ3) is 4.62. The molecule has 0 amide bonds. The highest BCUT2D eigenvalue weighted by Crippen LogP contribution is 2.32. The number of rotatable bonds is 8. The van der Waals surface area contributed by atoms with Crippen molar-refractivity contribution in [3.8, 4) is 0 Å². The van der Waals surface area contributed by atoms with Crippen molar-refractivity contribution in [1.82, 2.24) is 0 Å². The molecular formula is C13H14N2O6S. The fourth-order valence-corrected chi connectivity index (χ4v) is 3.07. The summed E-state index contributed by atoms with van der Waals surface area (Å²) in [6.45, 7) is -0.520. The largest absolute Gasteiger partial charge is 0.455 e. The maximum Gasteiger partial charge on any atom is 0.266 e. The van der Waals surface area contributed by atoms with E-state index in [1.54, 1.807) is 24.3 Å². The lowest BCUT2D eigenvalue weighted by Gasteiger charge is -2.15. The van der Waals surface area contributed by atoms with Gasteiger partial charge in [-0.2, -0.15) is 0 Å². The molecule has 0 radical (unpaired) electrons. The van der Waals surface area contributed by atoms with E-state index in [0.29, 0.717) is 0 Å². The second kappa shape index (κ2) is 7.64. The number of hydrogen-bond donors (Lipinski definition) is 0. The van der Waals surface area contributed by atoms with Crippen LogP contribution in [0.2, 0.25) is 0 Å². The van der Waals surface area contributed by atoms with Gasteiger partial charge in [0.25, 0.3) is 6.29 Å². The molecule has 0 bridgehead atoms. The average molecular weight is 326 g/mol. The maximum absolute atomic E-state index is 10.8. The van der Waals surface area contributed by atoms with E-state index in [2.05, 4.69) is 0 Å². The molecule has 118 valence electrons. The molecule has 0 spiro atoms. The van der Waals surface area contributed by atoms with Gasteiger partial charge in [0.05, 0.1) is 11.0 Å². The summed E-state index contributed by atoms with van der Waals surface area (Å²) >= 11 is 1.20. The predicted octanol–water partition coefficient (Wildman–Crippen LogP) is 2.53. The molecule has 0 N–H and O–H groups in total. The Morgan fingerprint density at radius 2 is 1.91 bits per heavy atom. The molecule has 22 heavy (non-hydrogen) atoms. The molecule has 1 aliphatic heterocycles. The lowest BCUT2D eigenvalue weighted by Crippen LogP contribution is -2.13. The van der Waals surface area contributed by atoms with Gasteiger partial charge in [-0.3, -0.25) is 20.2 Å². The predicted molar refractivity (Wildman–Crippen MR) is 79.4 cm³/mol. The Morgan fingerprint density at radius 1 is 1.18 bits per heavy atom. The number of nitro groups is 2. The topological polar surface area (TPSA) is 105 Å². The molecule has 8 nitrogen and oxygen atoms in total. The van der Waals surface area contributed by atoms with Gasteiger partial charge in [-0.15, -0.1) is 11.8 Å². The molecular weight excluding hydrogens is 312 g/mol. The van der Waals surface area contributed by atoms with Crippen LogP contribution in [-0.4, -0.2) is 28.7 Å². The second-order valence-corrected chi connectivity index (χ2v) is 5.79. The van der Waals surface area contributed by atoms with Crippen LogP contribution in [0.1, 0.15) is 22.7 Å². The van der Waals surface area contributed by atoms with Crippen LogP contribution in [0.4, 0.5) is 0 Å². The third-order valence-electron chi connectivity index (χ3n) is 2.92. The Hall–Kier alpha value is -2.29. The van der Waals surface area contributed by atoms with Crippen LogP contribution in [0.5, 0.6) is 0 Å². The number of benzene rings is 1. The molecule has 1 aromatic rings. The first-order chi connectivity index (χ1) is 10.6. The lowest BCUT2D eigenvalue weighted by molar-refractivity contribution is -0.480. The SMILES string of the molecule is O=[N+]([O-])CCSC(C[N+](=O)[O-])c1cccc(C2OC=CO2)c1. The zero-order chi connectivity index (χ0) is 15.9. The van der Waals surface area contributed by atoms with Crippen molar-refractivity contribution in [2.75, 3.05) is 18.8 Å². The molecule has 1 unspecified atom stereocenters. The van der Waals surface area contributed by atoms with E-state index in [4.69, 9.17) is 9.47 Å². The number of ether oxygens (including phenoxy) is 2. The van der Waals surface area contributed by atoms with Crippen molar-refractivity contribution in [2.45, 2.75) is 11.5 Å². The summed E-state index contributed by atoms with van der Waals surface area (Å²) in [4.78, 5) is 20.4. The normalized spacial score (nSPS) is 15.1. The average Bonchev–Trinajstić information content (AvgIpc) is 3.00. The molecule has 2 rings (SSSR count). The van der Waals surface area contributed by atoms with E-state index in [0.717, 1.165) is 11.1 Å². The van der Waals surface area contributed by atoms with Gasteiger partial charge in [-0.05, 0) is 11.6 Å². The summed E-state index contributed by atoms with van der Waals surface area (Å²) in [6, 6.07) is 7.09. The molecule has 0 aliphatic carbocycles. The molecule has 0 saturated heterocycles. The highest BCUT2D eigenvalue weighted by molar-refractivity contribution is 7.99.